The zero-order chi connectivity index (χ0) is 13.9. The lowest BCUT2D eigenvalue weighted by Crippen LogP contribution is -2.30. The number of furan rings is 1. The molecule has 0 aliphatic rings. The second kappa shape index (κ2) is 5.68. The number of sulfonamides is 1. The van der Waals surface area contributed by atoms with E-state index < -0.39 is 21.8 Å². The molecule has 0 saturated heterocycles. The minimum absolute atomic E-state index is 0.123. The average molecular weight is 338 g/mol. The number of halogens is 1. The summed E-state index contributed by atoms with van der Waals surface area (Å²) in [6.07, 6.45) is 1.45. The van der Waals surface area contributed by atoms with Crippen LogP contribution in [-0.2, 0) is 10.0 Å². The number of hydrogen-bond donors (Lipinski definition) is 1. The highest BCUT2D eigenvalue weighted by Gasteiger charge is 2.29. The Bertz CT molecular complexity index is 563. The summed E-state index contributed by atoms with van der Waals surface area (Å²) in [5, 5.41) is 8.75. The van der Waals surface area contributed by atoms with Crippen LogP contribution in [0.15, 0.2) is 32.7 Å². The predicted octanol–water partition coefficient (Wildman–Crippen LogP) is 1.94. The van der Waals surface area contributed by atoms with Crippen LogP contribution >= 0.6 is 15.9 Å². The van der Waals surface area contributed by atoms with Crippen LogP contribution in [0, 0.1) is 0 Å². The summed E-state index contributed by atoms with van der Waals surface area (Å²) in [4.78, 5) is 10.5. The third-order valence-electron chi connectivity index (χ3n) is 2.17. The van der Waals surface area contributed by atoms with E-state index in [2.05, 4.69) is 22.5 Å². The highest BCUT2D eigenvalue weighted by molar-refractivity contribution is 9.10. The monoisotopic (exact) mass is 337 g/mol. The van der Waals surface area contributed by atoms with E-state index in [0.717, 1.165) is 10.4 Å². The Hall–Kier alpha value is -1.12. The van der Waals surface area contributed by atoms with Crippen molar-refractivity contribution in [2.24, 2.45) is 0 Å². The number of aromatic carboxylic acids is 1. The molecule has 1 rings (SSSR count). The summed E-state index contributed by atoms with van der Waals surface area (Å²) in [5.74, 6) is -1.76. The highest BCUT2D eigenvalue weighted by atomic mass is 79.9. The molecule has 0 aromatic carbocycles. The maximum atomic E-state index is 12.2. The van der Waals surface area contributed by atoms with Gasteiger partial charge in [-0.3, -0.25) is 0 Å². The van der Waals surface area contributed by atoms with Crippen molar-refractivity contribution in [2.75, 3.05) is 13.1 Å². The second-order valence-electron chi connectivity index (χ2n) is 3.30. The van der Waals surface area contributed by atoms with Crippen molar-refractivity contribution in [1.29, 1.82) is 0 Å². The number of hydrogen-bond acceptors (Lipinski definition) is 4. The maximum absolute atomic E-state index is 12.2. The van der Waals surface area contributed by atoms with Crippen LogP contribution in [-0.4, -0.2) is 36.9 Å². The Morgan fingerprint density at radius 1 is 1.67 bits per heavy atom. The van der Waals surface area contributed by atoms with Gasteiger partial charge in [0.25, 0.3) is 0 Å². The van der Waals surface area contributed by atoms with E-state index in [1.807, 2.05) is 0 Å². The van der Waals surface area contributed by atoms with Gasteiger partial charge in [0.2, 0.25) is 15.8 Å². The number of carboxylic acids is 1. The van der Waals surface area contributed by atoms with Gasteiger partial charge in [-0.15, -0.1) is 6.58 Å². The molecule has 0 unspecified atom stereocenters. The van der Waals surface area contributed by atoms with Crippen molar-refractivity contribution >= 4 is 31.9 Å². The lowest BCUT2D eigenvalue weighted by molar-refractivity contribution is 0.0661. The van der Waals surface area contributed by atoms with Crippen LogP contribution in [0.1, 0.15) is 17.5 Å². The highest BCUT2D eigenvalue weighted by Crippen LogP contribution is 2.28. The first-order valence-electron chi connectivity index (χ1n) is 4.98. The molecular formula is C10H12BrNO5S. The first-order valence-corrected chi connectivity index (χ1v) is 7.21. The molecule has 0 saturated carbocycles. The van der Waals surface area contributed by atoms with Crippen molar-refractivity contribution in [3.05, 3.63) is 29.2 Å². The van der Waals surface area contributed by atoms with E-state index in [0.29, 0.717) is 0 Å². The Morgan fingerprint density at radius 3 is 2.67 bits per heavy atom. The van der Waals surface area contributed by atoms with Gasteiger partial charge in [0.05, 0.1) is 0 Å². The first-order chi connectivity index (χ1) is 8.34. The van der Waals surface area contributed by atoms with Gasteiger partial charge in [-0.25, -0.2) is 13.2 Å². The second-order valence-corrected chi connectivity index (χ2v) is 5.92. The van der Waals surface area contributed by atoms with E-state index in [9.17, 15) is 13.2 Å². The third kappa shape index (κ3) is 2.82. The van der Waals surface area contributed by atoms with Gasteiger partial charge in [-0.1, -0.05) is 13.0 Å². The lowest BCUT2D eigenvalue weighted by Gasteiger charge is -2.17. The van der Waals surface area contributed by atoms with Crippen molar-refractivity contribution in [3.8, 4) is 0 Å². The Balaban J connectivity index is 3.27. The number of likely N-dealkylation sites (N-methyl/N-ethyl adjacent to an activating group) is 1. The fraction of sp³-hybridized carbons (Fsp3) is 0.300. The summed E-state index contributed by atoms with van der Waals surface area (Å²) in [6.45, 7) is 5.53. The molecule has 0 fully saturated rings. The van der Waals surface area contributed by atoms with Crippen LogP contribution in [0.25, 0.3) is 0 Å². The molecule has 100 valence electrons. The predicted molar refractivity (Wildman–Crippen MR) is 68.0 cm³/mol. The third-order valence-corrected chi connectivity index (χ3v) is 4.97. The smallest absolute Gasteiger partial charge is 0.371 e. The van der Waals surface area contributed by atoms with Gasteiger partial charge in [0.15, 0.2) is 4.67 Å². The molecule has 1 heterocycles. The molecule has 8 heteroatoms. The topological polar surface area (TPSA) is 87.8 Å². The molecule has 0 spiro atoms. The molecule has 0 aliphatic carbocycles. The minimum Gasteiger partial charge on any atom is -0.475 e. The summed E-state index contributed by atoms with van der Waals surface area (Å²) in [5.41, 5.74) is 0. The van der Waals surface area contributed by atoms with Crippen LogP contribution in [0.2, 0.25) is 0 Å². The molecule has 6 nitrogen and oxygen atoms in total. The van der Waals surface area contributed by atoms with E-state index in [1.165, 1.54) is 6.08 Å². The normalized spacial score (nSPS) is 11.7. The summed E-state index contributed by atoms with van der Waals surface area (Å²) < 4.78 is 30.3. The van der Waals surface area contributed by atoms with Gasteiger partial charge in [0.1, 0.15) is 4.90 Å². The first kappa shape index (κ1) is 14.9. The Labute approximate surface area is 113 Å². The van der Waals surface area contributed by atoms with Crippen molar-refractivity contribution < 1.29 is 22.7 Å². The Kier molecular flexibility index (Phi) is 4.71. The molecule has 0 bridgehead atoms. The molecule has 18 heavy (non-hydrogen) atoms. The van der Waals surface area contributed by atoms with E-state index in [-0.39, 0.29) is 22.7 Å². The molecule has 1 aromatic rings. The fourth-order valence-corrected chi connectivity index (χ4v) is 3.64. The lowest BCUT2D eigenvalue weighted by atomic mass is 10.5. The summed E-state index contributed by atoms with van der Waals surface area (Å²) >= 11 is 2.91. The number of carbonyl (C=O) groups is 1. The maximum Gasteiger partial charge on any atom is 0.371 e. The SMILES string of the molecule is C=CCN(CC)S(=O)(=O)c1cc(C(=O)O)oc1Br. The van der Waals surface area contributed by atoms with E-state index >= 15 is 0 Å². The molecule has 1 N–H and O–H groups in total. The van der Waals surface area contributed by atoms with Crippen LogP contribution < -0.4 is 0 Å². The largest absolute Gasteiger partial charge is 0.475 e. The van der Waals surface area contributed by atoms with Gasteiger partial charge in [0, 0.05) is 19.2 Å². The molecule has 0 radical (unpaired) electrons. The summed E-state index contributed by atoms with van der Waals surface area (Å²) in [6, 6.07) is 0.980. The zero-order valence-corrected chi connectivity index (χ0v) is 12.0. The van der Waals surface area contributed by atoms with Gasteiger partial charge < -0.3 is 9.52 Å². The van der Waals surface area contributed by atoms with Gasteiger partial charge in [-0.05, 0) is 15.9 Å². The summed E-state index contributed by atoms with van der Waals surface area (Å²) in [7, 11) is -3.80. The van der Waals surface area contributed by atoms with Gasteiger partial charge >= 0.3 is 5.97 Å². The number of rotatable bonds is 6. The van der Waals surface area contributed by atoms with Crippen molar-refractivity contribution in [2.45, 2.75) is 11.8 Å². The van der Waals surface area contributed by atoms with Crippen molar-refractivity contribution in [1.82, 2.24) is 4.31 Å². The number of carboxylic acid groups (broad SMARTS) is 1. The molecule has 1 aromatic heterocycles. The standard InChI is InChI=1S/C10H12BrNO5S/c1-3-5-12(4-2)18(15,16)8-6-7(10(13)14)17-9(8)11/h3,6H,1,4-5H2,2H3,(H,13,14). The number of nitrogens with zero attached hydrogens (tertiary/aromatic N) is 1. The fourth-order valence-electron chi connectivity index (χ4n) is 1.31. The van der Waals surface area contributed by atoms with E-state index in [4.69, 9.17) is 9.52 Å². The average Bonchev–Trinajstić information content (AvgIpc) is 2.68. The molecule has 0 atom stereocenters. The minimum atomic E-state index is -3.80. The van der Waals surface area contributed by atoms with E-state index in [1.54, 1.807) is 6.92 Å². The Morgan fingerprint density at radius 2 is 2.28 bits per heavy atom. The van der Waals surface area contributed by atoms with Crippen LogP contribution in [0.4, 0.5) is 0 Å². The molecule has 0 amide bonds. The zero-order valence-electron chi connectivity index (χ0n) is 9.59. The van der Waals surface area contributed by atoms with Crippen molar-refractivity contribution in [3.63, 3.8) is 0 Å². The molecule has 0 aliphatic heterocycles. The van der Waals surface area contributed by atoms with Gasteiger partial charge in [-0.2, -0.15) is 4.31 Å². The quantitative estimate of drug-likeness (QED) is 0.801. The molecular weight excluding hydrogens is 326 g/mol. The van der Waals surface area contributed by atoms with Crippen LogP contribution in [0.5, 0.6) is 0 Å². The van der Waals surface area contributed by atoms with Crippen LogP contribution in [0.3, 0.4) is 0 Å².